The summed E-state index contributed by atoms with van der Waals surface area (Å²) in [6, 6.07) is 0. The quantitative estimate of drug-likeness (QED) is 0.545. The Morgan fingerprint density at radius 2 is 1.80 bits per heavy atom. The second kappa shape index (κ2) is 10.7. The maximum absolute atomic E-state index is 8.72. The SMILES string of the molecule is CCCNc1ncnc(NCCSCCCO)c1CC. The van der Waals surface area contributed by atoms with E-state index in [4.69, 9.17) is 5.11 Å². The third-order valence-corrected chi connectivity index (χ3v) is 3.90. The van der Waals surface area contributed by atoms with Crippen molar-refractivity contribution in [2.75, 3.05) is 41.8 Å². The van der Waals surface area contributed by atoms with Crippen LogP contribution in [-0.4, -0.2) is 46.3 Å². The van der Waals surface area contributed by atoms with Gasteiger partial charge in [0.2, 0.25) is 0 Å². The summed E-state index contributed by atoms with van der Waals surface area (Å²) in [6.45, 7) is 6.35. The topological polar surface area (TPSA) is 70.1 Å². The van der Waals surface area contributed by atoms with Crippen LogP contribution in [0.3, 0.4) is 0 Å². The number of rotatable bonds is 11. The molecule has 1 rings (SSSR count). The lowest BCUT2D eigenvalue weighted by molar-refractivity contribution is 0.296. The van der Waals surface area contributed by atoms with Crippen molar-refractivity contribution in [1.82, 2.24) is 9.97 Å². The molecule has 0 aliphatic carbocycles. The fourth-order valence-electron chi connectivity index (χ4n) is 1.81. The van der Waals surface area contributed by atoms with Crippen LogP contribution in [0.4, 0.5) is 11.6 Å². The van der Waals surface area contributed by atoms with E-state index in [1.54, 1.807) is 6.33 Å². The first-order chi connectivity index (χ1) is 9.83. The van der Waals surface area contributed by atoms with Crippen LogP contribution < -0.4 is 10.6 Å². The maximum Gasteiger partial charge on any atom is 0.134 e. The predicted octanol–water partition coefficient (Wildman–Crippen LogP) is 2.39. The van der Waals surface area contributed by atoms with Gasteiger partial charge in [-0.3, -0.25) is 0 Å². The van der Waals surface area contributed by atoms with Crippen LogP contribution in [-0.2, 0) is 6.42 Å². The van der Waals surface area contributed by atoms with E-state index in [0.717, 1.165) is 61.1 Å². The van der Waals surface area contributed by atoms with Gasteiger partial charge < -0.3 is 15.7 Å². The Hall–Kier alpha value is -1.01. The molecule has 0 saturated carbocycles. The number of aromatic nitrogens is 2. The van der Waals surface area contributed by atoms with Crippen LogP contribution in [0.5, 0.6) is 0 Å². The molecule has 114 valence electrons. The van der Waals surface area contributed by atoms with Crippen LogP contribution in [0.15, 0.2) is 6.33 Å². The molecule has 6 heteroatoms. The molecule has 3 N–H and O–H groups in total. The van der Waals surface area contributed by atoms with E-state index in [2.05, 4.69) is 34.4 Å². The summed E-state index contributed by atoms with van der Waals surface area (Å²) >= 11 is 1.85. The first kappa shape index (κ1) is 17.0. The lowest BCUT2D eigenvalue weighted by Crippen LogP contribution is -2.12. The number of aliphatic hydroxyl groups is 1. The molecular weight excluding hydrogens is 272 g/mol. The number of hydrogen-bond donors (Lipinski definition) is 3. The van der Waals surface area contributed by atoms with E-state index in [0.29, 0.717) is 0 Å². The first-order valence-electron chi connectivity index (χ1n) is 7.33. The summed E-state index contributed by atoms with van der Waals surface area (Å²) in [5, 5.41) is 15.4. The molecule has 1 heterocycles. The van der Waals surface area contributed by atoms with Crippen molar-refractivity contribution in [2.45, 2.75) is 33.1 Å². The summed E-state index contributed by atoms with van der Waals surface area (Å²) in [5.41, 5.74) is 1.15. The number of nitrogens with one attached hydrogen (secondary N) is 2. The van der Waals surface area contributed by atoms with Crippen molar-refractivity contribution < 1.29 is 5.11 Å². The summed E-state index contributed by atoms with van der Waals surface area (Å²) in [7, 11) is 0. The van der Waals surface area contributed by atoms with Gasteiger partial charge in [-0.05, 0) is 25.0 Å². The molecule has 5 nitrogen and oxygen atoms in total. The van der Waals surface area contributed by atoms with Crippen molar-refractivity contribution in [1.29, 1.82) is 0 Å². The Bertz CT molecular complexity index is 376. The molecule has 0 radical (unpaired) electrons. The van der Waals surface area contributed by atoms with Gasteiger partial charge in [-0.2, -0.15) is 11.8 Å². The third-order valence-electron chi connectivity index (χ3n) is 2.83. The first-order valence-corrected chi connectivity index (χ1v) is 8.49. The highest BCUT2D eigenvalue weighted by atomic mass is 32.2. The Morgan fingerprint density at radius 1 is 1.10 bits per heavy atom. The Labute approximate surface area is 126 Å². The monoisotopic (exact) mass is 298 g/mol. The van der Waals surface area contributed by atoms with Crippen molar-refractivity contribution in [2.24, 2.45) is 0 Å². The van der Waals surface area contributed by atoms with Crippen LogP contribution in [0.25, 0.3) is 0 Å². The molecule has 0 amide bonds. The van der Waals surface area contributed by atoms with E-state index in [1.807, 2.05) is 11.8 Å². The smallest absolute Gasteiger partial charge is 0.134 e. The highest BCUT2D eigenvalue weighted by Crippen LogP contribution is 2.20. The molecule has 0 aliphatic rings. The van der Waals surface area contributed by atoms with E-state index in [9.17, 15) is 0 Å². The fourth-order valence-corrected chi connectivity index (χ4v) is 2.59. The van der Waals surface area contributed by atoms with Gasteiger partial charge in [-0.25, -0.2) is 9.97 Å². The number of aliphatic hydroxyl groups excluding tert-OH is 1. The molecule has 0 fully saturated rings. The number of anilines is 2. The van der Waals surface area contributed by atoms with Gasteiger partial charge in [-0.15, -0.1) is 0 Å². The predicted molar refractivity (Wildman–Crippen MR) is 87.7 cm³/mol. The molecule has 0 aromatic carbocycles. The highest BCUT2D eigenvalue weighted by molar-refractivity contribution is 7.99. The van der Waals surface area contributed by atoms with Gasteiger partial charge in [0.1, 0.15) is 18.0 Å². The van der Waals surface area contributed by atoms with Gasteiger partial charge >= 0.3 is 0 Å². The maximum atomic E-state index is 8.72. The normalized spacial score (nSPS) is 10.6. The minimum atomic E-state index is 0.277. The van der Waals surface area contributed by atoms with Gasteiger partial charge in [0.05, 0.1) is 0 Å². The van der Waals surface area contributed by atoms with Crippen molar-refractivity contribution in [3.63, 3.8) is 0 Å². The van der Waals surface area contributed by atoms with Crippen LogP contribution >= 0.6 is 11.8 Å². The van der Waals surface area contributed by atoms with Crippen molar-refractivity contribution in [3.05, 3.63) is 11.9 Å². The molecule has 0 aliphatic heterocycles. The second-order valence-electron chi connectivity index (χ2n) is 4.45. The fraction of sp³-hybridized carbons (Fsp3) is 0.714. The summed E-state index contributed by atoms with van der Waals surface area (Å²) in [4.78, 5) is 8.66. The van der Waals surface area contributed by atoms with Gasteiger partial charge in [0, 0.05) is 31.0 Å². The average molecular weight is 298 g/mol. The summed E-state index contributed by atoms with van der Waals surface area (Å²) in [6.07, 6.45) is 4.46. The van der Waals surface area contributed by atoms with Crippen LogP contribution in [0, 0.1) is 0 Å². The standard InChI is InChI=1S/C14H26N4OS/c1-3-6-15-13-12(4-2)14(18-11-17-13)16-7-10-20-9-5-8-19/h11,19H,3-10H2,1-2H3,(H2,15,16,17,18). The Morgan fingerprint density at radius 3 is 2.40 bits per heavy atom. The average Bonchev–Trinajstić information content (AvgIpc) is 2.48. The zero-order chi connectivity index (χ0) is 14.6. The zero-order valence-corrected chi connectivity index (χ0v) is 13.3. The van der Waals surface area contributed by atoms with E-state index in [-0.39, 0.29) is 6.61 Å². The van der Waals surface area contributed by atoms with Gasteiger partial charge in [0.25, 0.3) is 0 Å². The van der Waals surface area contributed by atoms with Gasteiger partial charge in [-0.1, -0.05) is 13.8 Å². The lowest BCUT2D eigenvalue weighted by Gasteiger charge is -2.14. The van der Waals surface area contributed by atoms with Crippen molar-refractivity contribution in [3.8, 4) is 0 Å². The minimum absolute atomic E-state index is 0.277. The number of hydrogen-bond acceptors (Lipinski definition) is 6. The molecule has 0 spiro atoms. The molecule has 0 bridgehead atoms. The van der Waals surface area contributed by atoms with Crippen LogP contribution in [0.1, 0.15) is 32.3 Å². The molecule has 1 aromatic heterocycles. The lowest BCUT2D eigenvalue weighted by atomic mass is 10.2. The Kier molecular flexibility index (Phi) is 9.15. The minimum Gasteiger partial charge on any atom is -0.396 e. The molecule has 20 heavy (non-hydrogen) atoms. The number of thioether (sulfide) groups is 1. The zero-order valence-electron chi connectivity index (χ0n) is 12.5. The van der Waals surface area contributed by atoms with E-state index >= 15 is 0 Å². The highest BCUT2D eigenvalue weighted by Gasteiger charge is 2.08. The Balaban J connectivity index is 2.47. The molecule has 0 atom stereocenters. The van der Waals surface area contributed by atoms with E-state index in [1.165, 1.54) is 0 Å². The largest absolute Gasteiger partial charge is 0.396 e. The summed E-state index contributed by atoms with van der Waals surface area (Å²) in [5.74, 6) is 3.90. The van der Waals surface area contributed by atoms with Gasteiger partial charge in [0.15, 0.2) is 0 Å². The molecule has 0 unspecified atom stereocenters. The third kappa shape index (κ3) is 5.96. The molecule has 1 aromatic rings. The van der Waals surface area contributed by atoms with E-state index < -0.39 is 0 Å². The second-order valence-corrected chi connectivity index (χ2v) is 5.67. The summed E-state index contributed by atoms with van der Waals surface area (Å²) < 4.78 is 0. The molecule has 0 saturated heterocycles. The molecular formula is C14H26N4OS. The van der Waals surface area contributed by atoms with Crippen LogP contribution in [0.2, 0.25) is 0 Å². The van der Waals surface area contributed by atoms with Crippen molar-refractivity contribution >= 4 is 23.4 Å². The number of nitrogens with zero attached hydrogens (tertiary/aromatic N) is 2.